The van der Waals surface area contributed by atoms with E-state index in [1.165, 1.54) is 34.5 Å². The van der Waals surface area contributed by atoms with Crippen molar-refractivity contribution in [2.24, 2.45) is 7.05 Å². The van der Waals surface area contributed by atoms with Gasteiger partial charge in [-0.1, -0.05) is 6.07 Å². The summed E-state index contributed by atoms with van der Waals surface area (Å²) in [5.74, 6) is -0.335. The summed E-state index contributed by atoms with van der Waals surface area (Å²) in [7, 11) is -2.28. The molecule has 1 aliphatic rings. The van der Waals surface area contributed by atoms with Crippen molar-refractivity contribution in [1.82, 2.24) is 27.7 Å². The molecule has 0 radical (unpaired) electrons. The Kier molecular flexibility index (Phi) is 4.69. The number of piperazine rings is 1. The number of hydrogen-bond donors (Lipinski definition) is 0. The molecule has 10 nitrogen and oxygen atoms in total. The molecule has 28 heavy (non-hydrogen) atoms. The van der Waals surface area contributed by atoms with Gasteiger partial charge in [0.15, 0.2) is 0 Å². The zero-order chi connectivity index (χ0) is 19.9. The standard InChI is InChI=1S/C16H16N6O4S2/c1-20-14(23)6-5-12(17-20)16(24)21-7-9-22(10-8-21)28(25,26)13-4-2-3-11-15(13)19-27-18-11/h2-6H,7-10H2,1H3. The second-order valence-electron chi connectivity index (χ2n) is 6.26. The van der Waals surface area contributed by atoms with Gasteiger partial charge in [0.1, 0.15) is 21.6 Å². The van der Waals surface area contributed by atoms with E-state index in [0.29, 0.717) is 11.0 Å². The van der Waals surface area contributed by atoms with Crippen LogP contribution < -0.4 is 5.56 Å². The Morgan fingerprint density at radius 1 is 1.07 bits per heavy atom. The zero-order valence-corrected chi connectivity index (χ0v) is 16.5. The molecule has 1 fully saturated rings. The molecule has 0 atom stereocenters. The second-order valence-corrected chi connectivity index (χ2v) is 8.70. The number of amides is 1. The Bertz CT molecular complexity index is 1210. The average Bonchev–Trinajstić information content (AvgIpc) is 3.18. The SMILES string of the molecule is Cn1nc(C(=O)N2CCN(S(=O)(=O)c3cccc4nsnc34)CC2)ccc1=O. The van der Waals surface area contributed by atoms with Crippen LogP contribution in [-0.2, 0) is 17.1 Å². The molecule has 1 saturated heterocycles. The van der Waals surface area contributed by atoms with Crippen LogP contribution in [0.2, 0.25) is 0 Å². The molecule has 0 N–H and O–H groups in total. The fourth-order valence-electron chi connectivity index (χ4n) is 3.04. The third kappa shape index (κ3) is 3.19. The highest BCUT2D eigenvalue weighted by molar-refractivity contribution is 7.89. The number of benzene rings is 1. The van der Waals surface area contributed by atoms with Crippen molar-refractivity contribution < 1.29 is 13.2 Å². The largest absolute Gasteiger partial charge is 0.335 e. The average molecular weight is 420 g/mol. The normalized spacial score (nSPS) is 15.8. The van der Waals surface area contributed by atoms with E-state index in [1.54, 1.807) is 12.1 Å². The highest BCUT2D eigenvalue weighted by Crippen LogP contribution is 2.25. The van der Waals surface area contributed by atoms with E-state index in [4.69, 9.17) is 0 Å². The Balaban J connectivity index is 1.52. The van der Waals surface area contributed by atoms with Gasteiger partial charge in [-0.15, -0.1) is 0 Å². The fraction of sp³-hybridized carbons (Fsp3) is 0.312. The first-order valence-electron chi connectivity index (χ1n) is 8.43. The van der Waals surface area contributed by atoms with Gasteiger partial charge in [0.2, 0.25) is 10.0 Å². The summed E-state index contributed by atoms with van der Waals surface area (Å²) >= 11 is 0.967. The van der Waals surface area contributed by atoms with Gasteiger partial charge >= 0.3 is 0 Å². The molecule has 3 heterocycles. The van der Waals surface area contributed by atoms with Crippen LogP contribution in [0.3, 0.4) is 0 Å². The molecule has 1 amide bonds. The minimum atomic E-state index is -3.75. The van der Waals surface area contributed by atoms with Crippen molar-refractivity contribution in [2.75, 3.05) is 26.2 Å². The van der Waals surface area contributed by atoms with Crippen LogP contribution in [0.25, 0.3) is 11.0 Å². The van der Waals surface area contributed by atoms with Crippen LogP contribution in [0.5, 0.6) is 0 Å². The Morgan fingerprint density at radius 3 is 2.54 bits per heavy atom. The van der Waals surface area contributed by atoms with Crippen molar-refractivity contribution in [3.8, 4) is 0 Å². The first-order valence-corrected chi connectivity index (χ1v) is 10.6. The van der Waals surface area contributed by atoms with Gasteiger partial charge in [-0.25, -0.2) is 13.1 Å². The number of carbonyl (C=O) groups excluding carboxylic acids is 1. The number of fused-ring (bicyclic) bond motifs is 1. The Hall–Kier alpha value is -2.70. The third-order valence-corrected chi connectivity index (χ3v) is 7.05. The topological polar surface area (TPSA) is 118 Å². The number of nitrogens with zero attached hydrogens (tertiary/aromatic N) is 6. The van der Waals surface area contributed by atoms with Crippen LogP contribution in [0.15, 0.2) is 40.0 Å². The summed E-state index contributed by atoms with van der Waals surface area (Å²) in [6.45, 7) is 0.781. The molecule has 1 aromatic carbocycles. The first kappa shape index (κ1) is 18.7. The maximum atomic E-state index is 13.0. The predicted octanol–water partition coefficient (Wildman–Crippen LogP) is -0.0683. The molecule has 0 bridgehead atoms. The van der Waals surface area contributed by atoms with Gasteiger partial charge in [-0.2, -0.15) is 18.2 Å². The molecule has 0 aliphatic carbocycles. The molecule has 1 aliphatic heterocycles. The summed E-state index contributed by atoms with van der Waals surface area (Å²) in [5.41, 5.74) is 0.746. The molecule has 0 saturated carbocycles. The highest BCUT2D eigenvalue weighted by atomic mass is 32.2. The van der Waals surface area contributed by atoms with Crippen LogP contribution in [-0.4, -0.2) is 68.2 Å². The molecule has 4 rings (SSSR count). The van der Waals surface area contributed by atoms with Gasteiger partial charge in [0.05, 0.1) is 11.7 Å². The minimum absolute atomic E-state index is 0.123. The summed E-state index contributed by atoms with van der Waals surface area (Å²) in [4.78, 5) is 25.7. The quantitative estimate of drug-likeness (QED) is 0.582. The molecular weight excluding hydrogens is 404 g/mol. The van der Waals surface area contributed by atoms with E-state index >= 15 is 0 Å². The predicted molar refractivity (Wildman–Crippen MR) is 102 cm³/mol. The zero-order valence-electron chi connectivity index (χ0n) is 14.8. The van der Waals surface area contributed by atoms with Crippen molar-refractivity contribution in [3.63, 3.8) is 0 Å². The Morgan fingerprint density at radius 2 is 1.82 bits per heavy atom. The van der Waals surface area contributed by atoms with E-state index in [9.17, 15) is 18.0 Å². The highest BCUT2D eigenvalue weighted by Gasteiger charge is 2.32. The van der Waals surface area contributed by atoms with Crippen LogP contribution in [0.1, 0.15) is 10.5 Å². The van der Waals surface area contributed by atoms with Gasteiger partial charge < -0.3 is 4.90 Å². The van der Waals surface area contributed by atoms with Crippen molar-refractivity contribution in [2.45, 2.75) is 4.90 Å². The molecule has 12 heteroatoms. The molecule has 3 aromatic rings. The number of aryl methyl sites for hydroxylation is 1. The van der Waals surface area contributed by atoms with Gasteiger partial charge in [-0.05, 0) is 18.2 Å². The van der Waals surface area contributed by atoms with Gasteiger partial charge in [0, 0.05) is 39.3 Å². The Labute approximate surface area is 164 Å². The molecule has 0 spiro atoms. The molecular formula is C16H16N6O4S2. The molecule has 2 aromatic heterocycles. The smallest absolute Gasteiger partial charge is 0.274 e. The minimum Gasteiger partial charge on any atom is -0.335 e. The van der Waals surface area contributed by atoms with Crippen molar-refractivity contribution in [1.29, 1.82) is 0 Å². The van der Waals surface area contributed by atoms with Crippen LogP contribution in [0.4, 0.5) is 0 Å². The number of aromatic nitrogens is 4. The molecule has 146 valence electrons. The first-order chi connectivity index (χ1) is 13.4. The van der Waals surface area contributed by atoms with E-state index in [-0.39, 0.29) is 48.2 Å². The molecule has 0 unspecified atom stereocenters. The summed E-state index contributed by atoms with van der Waals surface area (Å²) in [6, 6.07) is 7.54. The number of sulfonamides is 1. The van der Waals surface area contributed by atoms with E-state index in [2.05, 4.69) is 13.8 Å². The van der Waals surface area contributed by atoms with E-state index in [0.717, 1.165) is 16.4 Å². The number of carbonyl (C=O) groups is 1. The van der Waals surface area contributed by atoms with E-state index < -0.39 is 10.0 Å². The van der Waals surface area contributed by atoms with Crippen molar-refractivity contribution in [3.05, 3.63) is 46.4 Å². The summed E-state index contributed by atoms with van der Waals surface area (Å²) < 4.78 is 36.7. The lowest BCUT2D eigenvalue weighted by atomic mass is 10.3. The summed E-state index contributed by atoms with van der Waals surface area (Å²) in [6.07, 6.45) is 0. The lowest BCUT2D eigenvalue weighted by molar-refractivity contribution is 0.0689. The number of hydrogen-bond acceptors (Lipinski definition) is 8. The summed E-state index contributed by atoms with van der Waals surface area (Å²) in [5, 5.41) is 3.96. The lowest BCUT2D eigenvalue weighted by Gasteiger charge is -2.33. The van der Waals surface area contributed by atoms with E-state index in [1.807, 2.05) is 0 Å². The van der Waals surface area contributed by atoms with Gasteiger partial charge in [0.25, 0.3) is 11.5 Å². The lowest BCUT2D eigenvalue weighted by Crippen LogP contribution is -2.50. The number of rotatable bonds is 3. The third-order valence-electron chi connectivity index (χ3n) is 4.57. The fourth-order valence-corrected chi connectivity index (χ4v) is 5.21. The maximum absolute atomic E-state index is 13.0. The van der Waals surface area contributed by atoms with Crippen LogP contribution >= 0.6 is 11.7 Å². The van der Waals surface area contributed by atoms with Crippen LogP contribution in [0, 0.1) is 0 Å². The maximum Gasteiger partial charge on any atom is 0.274 e. The monoisotopic (exact) mass is 420 g/mol. The second kappa shape index (κ2) is 7.04. The van der Waals surface area contributed by atoms with Crippen molar-refractivity contribution >= 4 is 38.7 Å². The van der Waals surface area contributed by atoms with Gasteiger partial charge in [-0.3, -0.25) is 9.59 Å².